The van der Waals surface area contributed by atoms with E-state index in [1.807, 2.05) is 13.8 Å². The molecule has 2 rings (SSSR count). The fourth-order valence-corrected chi connectivity index (χ4v) is 4.59. The van der Waals surface area contributed by atoms with Crippen molar-refractivity contribution in [1.29, 1.82) is 5.26 Å². The van der Waals surface area contributed by atoms with Crippen LogP contribution in [0.1, 0.15) is 46.4 Å². The molecule has 172 valence electrons. The number of hydrogen-bond acceptors (Lipinski definition) is 7. The van der Waals surface area contributed by atoms with Gasteiger partial charge in [0.15, 0.2) is 11.1 Å². The second-order valence-electron chi connectivity index (χ2n) is 8.45. The van der Waals surface area contributed by atoms with E-state index in [-0.39, 0.29) is 24.0 Å². The zero-order chi connectivity index (χ0) is 23.6. The highest BCUT2D eigenvalue weighted by Crippen LogP contribution is 2.25. The fourth-order valence-electron chi connectivity index (χ4n) is 3.10. The molecule has 1 amide bonds. The molecule has 1 aliphatic rings. The largest absolute Gasteiger partial charge is 0.452 e. The number of nitriles is 1. The summed E-state index contributed by atoms with van der Waals surface area (Å²) >= 11 is 0. The fraction of sp³-hybridized carbons (Fsp3) is 0.700. The van der Waals surface area contributed by atoms with Crippen LogP contribution in [0.3, 0.4) is 0 Å². The Morgan fingerprint density at radius 3 is 2.35 bits per heavy atom. The Hall–Kier alpha value is -2.45. The van der Waals surface area contributed by atoms with E-state index in [0.717, 1.165) is 0 Å². The van der Waals surface area contributed by atoms with Crippen molar-refractivity contribution < 1.29 is 22.7 Å². The van der Waals surface area contributed by atoms with E-state index in [2.05, 4.69) is 16.4 Å². The van der Waals surface area contributed by atoms with E-state index in [9.17, 15) is 23.3 Å². The van der Waals surface area contributed by atoms with Gasteiger partial charge in [0.1, 0.15) is 11.4 Å². The first-order valence-electron chi connectivity index (χ1n) is 10.3. The maximum Gasteiger partial charge on any atom is 0.309 e. The predicted octanol–water partition coefficient (Wildman–Crippen LogP) is 1.12. The minimum atomic E-state index is -3.73. The first-order chi connectivity index (χ1) is 14.3. The number of esters is 1. The number of hydrogen-bond donors (Lipinski definition) is 1. The second kappa shape index (κ2) is 9.36. The molecule has 31 heavy (non-hydrogen) atoms. The van der Waals surface area contributed by atoms with Gasteiger partial charge in [-0.25, -0.2) is 13.4 Å². The van der Waals surface area contributed by atoms with Gasteiger partial charge < -0.3 is 14.6 Å². The lowest BCUT2D eigenvalue weighted by molar-refractivity contribution is -0.160. The van der Waals surface area contributed by atoms with Crippen LogP contribution in [0.15, 0.2) is 11.2 Å². The maximum absolute atomic E-state index is 12.8. The molecule has 0 aromatic carbocycles. The van der Waals surface area contributed by atoms with Crippen molar-refractivity contribution in [3.8, 4) is 6.07 Å². The van der Waals surface area contributed by atoms with Crippen molar-refractivity contribution in [1.82, 2.24) is 19.2 Å². The standard InChI is InChI=1S/C20H31N5O5S/c1-13(2)20(5,12-21)23-18(26)14(3)30-19(27)16-7-9-25(10-8-16)31(28,29)17-11-24(6)15(4)22-17/h11,13-14,16H,7-10H2,1-6H3,(H,23,26). The number of amides is 1. The van der Waals surface area contributed by atoms with Gasteiger partial charge in [-0.15, -0.1) is 0 Å². The van der Waals surface area contributed by atoms with Gasteiger partial charge in [-0.05, 0) is 39.5 Å². The number of imidazole rings is 1. The molecular formula is C20H31N5O5S. The number of sulfonamides is 1. The summed E-state index contributed by atoms with van der Waals surface area (Å²) in [6.07, 6.45) is 0.995. The highest BCUT2D eigenvalue weighted by Gasteiger charge is 2.36. The molecule has 1 fully saturated rings. The smallest absolute Gasteiger partial charge is 0.309 e. The Balaban J connectivity index is 1.93. The number of piperidine rings is 1. The Morgan fingerprint density at radius 2 is 1.90 bits per heavy atom. The molecule has 2 heterocycles. The molecule has 0 saturated carbocycles. The van der Waals surface area contributed by atoms with Gasteiger partial charge >= 0.3 is 5.97 Å². The summed E-state index contributed by atoms with van der Waals surface area (Å²) in [4.78, 5) is 29.0. The van der Waals surface area contributed by atoms with Crippen molar-refractivity contribution in [2.75, 3.05) is 13.1 Å². The summed E-state index contributed by atoms with van der Waals surface area (Å²) in [6, 6.07) is 2.08. The first-order valence-corrected chi connectivity index (χ1v) is 11.7. The molecule has 1 aromatic heterocycles. The molecule has 0 radical (unpaired) electrons. The molecular weight excluding hydrogens is 422 g/mol. The second-order valence-corrected chi connectivity index (χ2v) is 10.3. The van der Waals surface area contributed by atoms with E-state index >= 15 is 0 Å². The van der Waals surface area contributed by atoms with Crippen LogP contribution in [0.5, 0.6) is 0 Å². The van der Waals surface area contributed by atoms with Crippen LogP contribution in [0, 0.1) is 30.1 Å². The van der Waals surface area contributed by atoms with Crippen molar-refractivity contribution in [2.24, 2.45) is 18.9 Å². The van der Waals surface area contributed by atoms with Gasteiger partial charge in [0.25, 0.3) is 15.9 Å². The lowest BCUT2D eigenvalue weighted by Gasteiger charge is -2.31. The van der Waals surface area contributed by atoms with Crippen LogP contribution in [0.4, 0.5) is 0 Å². The van der Waals surface area contributed by atoms with Crippen molar-refractivity contribution >= 4 is 21.9 Å². The zero-order valence-corrected chi connectivity index (χ0v) is 19.7. The highest BCUT2D eigenvalue weighted by atomic mass is 32.2. The van der Waals surface area contributed by atoms with E-state index in [0.29, 0.717) is 18.7 Å². The van der Waals surface area contributed by atoms with Crippen molar-refractivity contribution in [3.63, 3.8) is 0 Å². The summed E-state index contributed by atoms with van der Waals surface area (Å²) < 4.78 is 33.8. The number of aromatic nitrogens is 2. The molecule has 2 unspecified atom stereocenters. The van der Waals surface area contributed by atoms with Crippen LogP contribution in [-0.2, 0) is 31.4 Å². The number of carbonyl (C=O) groups is 2. The third-order valence-corrected chi connectivity index (χ3v) is 7.68. The normalized spacial score (nSPS) is 18.8. The van der Waals surface area contributed by atoms with Gasteiger partial charge in [-0.1, -0.05) is 13.8 Å². The monoisotopic (exact) mass is 453 g/mol. The van der Waals surface area contributed by atoms with Crippen LogP contribution >= 0.6 is 0 Å². The summed E-state index contributed by atoms with van der Waals surface area (Å²) in [5.74, 6) is -1.12. The summed E-state index contributed by atoms with van der Waals surface area (Å²) in [5, 5.41) is 11.9. The van der Waals surface area contributed by atoms with Gasteiger partial charge in [0.05, 0.1) is 12.0 Å². The molecule has 1 saturated heterocycles. The molecule has 1 aliphatic heterocycles. The van der Waals surface area contributed by atoms with E-state index in [4.69, 9.17) is 4.74 Å². The average Bonchev–Trinajstić information content (AvgIpc) is 3.06. The minimum absolute atomic E-state index is 0.00971. The molecule has 1 aromatic rings. The molecule has 1 N–H and O–H groups in total. The van der Waals surface area contributed by atoms with E-state index in [1.54, 1.807) is 25.5 Å². The summed E-state index contributed by atoms with van der Waals surface area (Å²) in [6.45, 7) is 8.75. The topological polar surface area (TPSA) is 134 Å². The number of ether oxygens (including phenoxy) is 1. The highest BCUT2D eigenvalue weighted by molar-refractivity contribution is 7.89. The Kier molecular flexibility index (Phi) is 7.49. The average molecular weight is 454 g/mol. The molecule has 10 nitrogen and oxygen atoms in total. The zero-order valence-electron chi connectivity index (χ0n) is 18.9. The SMILES string of the molecule is Cc1nc(S(=O)(=O)N2CCC(C(=O)OC(C)C(=O)NC(C)(C#N)C(C)C)CC2)cn1C. The van der Waals surface area contributed by atoms with Crippen LogP contribution in [0.25, 0.3) is 0 Å². The van der Waals surface area contributed by atoms with E-state index < -0.39 is 39.5 Å². The van der Waals surface area contributed by atoms with Gasteiger partial charge in [0, 0.05) is 26.3 Å². The van der Waals surface area contributed by atoms with Crippen molar-refractivity contribution in [3.05, 3.63) is 12.0 Å². The number of nitrogens with one attached hydrogen (secondary N) is 1. The molecule has 11 heteroatoms. The Morgan fingerprint density at radius 1 is 1.32 bits per heavy atom. The Labute approximate surface area is 183 Å². The van der Waals surface area contributed by atoms with Gasteiger partial charge in [-0.3, -0.25) is 9.59 Å². The van der Waals surface area contributed by atoms with Crippen LogP contribution < -0.4 is 5.32 Å². The quantitative estimate of drug-likeness (QED) is 0.611. The minimum Gasteiger partial charge on any atom is -0.452 e. The lowest BCUT2D eigenvalue weighted by atomic mass is 9.90. The van der Waals surface area contributed by atoms with E-state index in [1.165, 1.54) is 17.4 Å². The summed E-state index contributed by atoms with van der Waals surface area (Å²) in [7, 11) is -2.00. The lowest BCUT2D eigenvalue weighted by Crippen LogP contribution is -2.52. The Bertz CT molecular complexity index is 953. The van der Waals surface area contributed by atoms with Gasteiger partial charge in [-0.2, -0.15) is 9.57 Å². The van der Waals surface area contributed by atoms with Crippen molar-refractivity contribution in [2.45, 2.75) is 64.1 Å². The maximum atomic E-state index is 12.8. The third-order valence-electron chi connectivity index (χ3n) is 5.91. The molecule has 0 spiro atoms. The first kappa shape index (κ1) is 24.8. The third kappa shape index (κ3) is 5.43. The molecule has 0 bridgehead atoms. The molecule has 0 aliphatic carbocycles. The number of carbonyl (C=O) groups excluding carboxylic acids is 2. The van der Waals surface area contributed by atoms with Gasteiger partial charge in [0.2, 0.25) is 0 Å². The number of nitrogens with zero attached hydrogens (tertiary/aromatic N) is 4. The number of rotatable bonds is 7. The van der Waals surface area contributed by atoms with Crippen LogP contribution in [0.2, 0.25) is 0 Å². The predicted molar refractivity (Wildman–Crippen MR) is 112 cm³/mol. The van der Waals surface area contributed by atoms with Crippen LogP contribution in [-0.4, -0.2) is 58.9 Å². The molecule has 2 atom stereocenters. The summed E-state index contributed by atoms with van der Waals surface area (Å²) in [5.41, 5.74) is -1.07. The number of aryl methyl sites for hydroxylation is 2.